The molecule has 0 aliphatic heterocycles. The van der Waals surface area contributed by atoms with Gasteiger partial charge in [-0.3, -0.25) is 9.78 Å². The van der Waals surface area contributed by atoms with Crippen LogP contribution >= 0.6 is 0 Å². The fourth-order valence-corrected chi connectivity index (χ4v) is 2.41. The number of nitrogens with one attached hydrogen (secondary N) is 2. The van der Waals surface area contributed by atoms with Crippen LogP contribution in [0.1, 0.15) is 0 Å². The van der Waals surface area contributed by atoms with Crippen LogP contribution in [-0.4, -0.2) is 19.7 Å². The summed E-state index contributed by atoms with van der Waals surface area (Å²) in [7, 11) is 0. The summed E-state index contributed by atoms with van der Waals surface area (Å²) in [6.07, 6.45) is 1.48. The zero-order chi connectivity index (χ0) is 16.5. The number of nitrogens with zero attached hydrogens (tertiary/aromatic N) is 3. The number of hydrogen-bond acceptors (Lipinski definition) is 4. The molecule has 0 saturated carbocycles. The molecule has 2 N–H and O–H groups in total. The maximum absolute atomic E-state index is 13.0. The van der Waals surface area contributed by atoms with Crippen molar-refractivity contribution in [3.8, 4) is 5.69 Å². The molecule has 4 aromatic rings. The van der Waals surface area contributed by atoms with Crippen LogP contribution in [0.25, 0.3) is 16.7 Å². The molecule has 0 atom stereocenters. The average Bonchev–Trinajstić information content (AvgIpc) is 3.02. The van der Waals surface area contributed by atoms with Crippen LogP contribution in [0, 0.1) is 5.82 Å². The van der Waals surface area contributed by atoms with Crippen LogP contribution in [0.2, 0.25) is 0 Å². The smallest absolute Gasteiger partial charge is 0.263 e. The third-order valence-corrected chi connectivity index (χ3v) is 3.55. The molecular weight excluding hydrogens is 309 g/mol. The summed E-state index contributed by atoms with van der Waals surface area (Å²) in [4.78, 5) is 19.3. The van der Waals surface area contributed by atoms with Gasteiger partial charge in [0.25, 0.3) is 5.56 Å². The number of para-hydroxylation sites is 1. The maximum atomic E-state index is 13.0. The zero-order valence-electron chi connectivity index (χ0n) is 12.4. The number of benzene rings is 2. The van der Waals surface area contributed by atoms with Gasteiger partial charge in [-0.25, -0.2) is 9.07 Å². The van der Waals surface area contributed by atoms with Crippen molar-refractivity contribution in [1.29, 1.82) is 0 Å². The Balaban J connectivity index is 1.81. The quantitative estimate of drug-likeness (QED) is 0.608. The average molecular weight is 321 g/mol. The van der Waals surface area contributed by atoms with Crippen LogP contribution in [0.4, 0.5) is 16.0 Å². The van der Waals surface area contributed by atoms with Crippen molar-refractivity contribution in [3.05, 3.63) is 77.0 Å². The second kappa shape index (κ2) is 5.62. The highest BCUT2D eigenvalue weighted by atomic mass is 19.1. The Kier molecular flexibility index (Phi) is 3.31. The third kappa shape index (κ3) is 2.52. The van der Waals surface area contributed by atoms with Gasteiger partial charge in [-0.1, -0.05) is 18.2 Å². The normalized spacial score (nSPS) is 10.9. The minimum Gasteiger partial charge on any atom is -0.326 e. The van der Waals surface area contributed by atoms with Gasteiger partial charge in [0, 0.05) is 5.69 Å². The second-order valence-corrected chi connectivity index (χ2v) is 5.18. The first-order chi connectivity index (χ1) is 11.7. The molecule has 0 fully saturated rings. The van der Waals surface area contributed by atoms with Crippen molar-refractivity contribution < 1.29 is 4.39 Å². The largest absolute Gasteiger partial charge is 0.326 e. The molecule has 0 bridgehead atoms. The topological polar surface area (TPSA) is 75.6 Å². The molecule has 118 valence electrons. The van der Waals surface area contributed by atoms with Crippen molar-refractivity contribution in [1.82, 2.24) is 19.7 Å². The predicted octanol–water partition coefficient (Wildman–Crippen LogP) is 2.99. The minimum absolute atomic E-state index is 0.261. The van der Waals surface area contributed by atoms with Crippen LogP contribution in [-0.2, 0) is 0 Å². The number of rotatable bonds is 3. The molecule has 0 aliphatic rings. The summed E-state index contributed by atoms with van der Waals surface area (Å²) < 4.78 is 14.6. The molecule has 0 saturated heterocycles. The predicted molar refractivity (Wildman–Crippen MR) is 89.2 cm³/mol. The number of anilines is 2. The first kappa shape index (κ1) is 14.1. The van der Waals surface area contributed by atoms with Gasteiger partial charge >= 0.3 is 0 Å². The summed E-state index contributed by atoms with van der Waals surface area (Å²) in [6.45, 7) is 0. The first-order valence-corrected chi connectivity index (χ1v) is 7.27. The molecule has 0 aliphatic carbocycles. The number of H-pyrrole nitrogens is 1. The Bertz CT molecular complexity index is 1050. The van der Waals surface area contributed by atoms with Gasteiger partial charge in [0.05, 0.1) is 11.9 Å². The van der Waals surface area contributed by atoms with E-state index in [1.165, 1.54) is 18.3 Å². The van der Waals surface area contributed by atoms with E-state index in [0.29, 0.717) is 16.7 Å². The number of hydrogen-bond donors (Lipinski definition) is 2. The molecule has 2 heterocycles. The van der Waals surface area contributed by atoms with Crippen LogP contribution < -0.4 is 10.9 Å². The Morgan fingerprint density at radius 3 is 2.54 bits per heavy atom. The molecule has 2 aromatic carbocycles. The van der Waals surface area contributed by atoms with Crippen molar-refractivity contribution in [2.45, 2.75) is 0 Å². The standard InChI is InChI=1S/C17H12FN5O/c18-11-6-8-12(9-7-11)20-17-21-15-14(16(24)22-17)10-19-23(15)13-4-2-1-3-5-13/h1-10H,(H2,20,21,22,24). The SMILES string of the molecule is O=c1[nH]c(Nc2ccc(F)cc2)nc2c1cnn2-c1ccccc1. The van der Waals surface area contributed by atoms with Crippen molar-refractivity contribution in [3.63, 3.8) is 0 Å². The Morgan fingerprint density at radius 1 is 1.04 bits per heavy atom. The summed E-state index contributed by atoms with van der Waals surface area (Å²) in [5.74, 6) is -0.0728. The van der Waals surface area contributed by atoms with E-state index in [4.69, 9.17) is 0 Å². The van der Waals surface area contributed by atoms with E-state index in [-0.39, 0.29) is 17.3 Å². The number of fused-ring (bicyclic) bond motifs is 1. The molecule has 7 heteroatoms. The second-order valence-electron chi connectivity index (χ2n) is 5.18. The van der Waals surface area contributed by atoms with E-state index in [1.54, 1.807) is 16.8 Å². The van der Waals surface area contributed by atoms with Crippen molar-refractivity contribution in [2.24, 2.45) is 0 Å². The lowest BCUT2D eigenvalue weighted by Crippen LogP contribution is -2.11. The van der Waals surface area contributed by atoms with Crippen molar-refractivity contribution in [2.75, 3.05) is 5.32 Å². The Hall–Kier alpha value is -3.48. The van der Waals surface area contributed by atoms with Crippen LogP contribution in [0.3, 0.4) is 0 Å². The van der Waals surface area contributed by atoms with E-state index < -0.39 is 0 Å². The minimum atomic E-state index is -0.334. The van der Waals surface area contributed by atoms with Gasteiger partial charge in [-0.2, -0.15) is 10.1 Å². The van der Waals surface area contributed by atoms with Crippen LogP contribution in [0.5, 0.6) is 0 Å². The number of aromatic nitrogens is 4. The zero-order valence-corrected chi connectivity index (χ0v) is 12.4. The summed E-state index contributed by atoms with van der Waals surface area (Å²) in [5.41, 5.74) is 1.56. The molecule has 0 unspecified atom stereocenters. The molecule has 0 amide bonds. The highest BCUT2D eigenvalue weighted by Crippen LogP contribution is 2.17. The Morgan fingerprint density at radius 2 is 1.79 bits per heavy atom. The molecule has 2 aromatic heterocycles. The van der Waals surface area contributed by atoms with E-state index in [9.17, 15) is 9.18 Å². The fourth-order valence-electron chi connectivity index (χ4n) is 2.41. The molecule has 0 spiro atoms. The van der Waals surface area contributed by atoms with Crippen LogP contribution in [0.15, 0.2) is 65.6 Å². The first-order valence-electron chi connectivity index (χ1n) is 7.27. The summed E-state index contributed by atoms with van der Waals surface area (Å²) >= 11 is 0. The van der Waals surface area contributed by atoms with Gasteiger partial charge < -0.3 is 5.32 Å². The molecular formula is C17H12FN5O. The van der Waals surface area contributed by atoms with Gasteiger partial charge in [0.1, 0.15) is 11.2 Å². The van der Waals surface area contributed by atoms with Gasteiger partial charge in [0.15, 0.2) is 5.65 Å². The highest BCUT2D eigenvalue weighted by Gasteiger charge is 2.11. The monoisotopic (exact) mass is 321 g/mol. The summed E-state index contributed by atoms with van der Waals surface area (Å²) in [6, 6.07) is 15.2. The maximum Gasteiger partial charge on any atom is 0.263 e. The number of aromatic amines is 1. The lowest BCUT2D eigenvalue weighted by Gasteiger charge is -2.06. The molecule has 24 heavy (non-hydrogen) atoms. The Labute approximate surface area is 135 Å². The van der Waals surface area contributed by atoms with E-state index in [2.05, 4.69) is 20.4 Å². The molecule has 4 rings (SSSR count). The highest BCUT2D eigenvalue weighted by molar-refractivity contribution is 5.76. The lowest BCUT2D eigenvalue weighted by molar-refractivity contribution is 0.628. The fraction of sp³-hybridized carbons (Fsp3) is 0. The molecule has 0 radical (unpaired) electrons. The van der Waals surface area contributed by atoms with Gasteiger partial charge in [-0.05, 0) is 36.4 Å². The lowest BCUT2D eigenvalue weighted by atomic mass is 10.3. The molecule has 6 nitrogen and oxygen atoms in total. The van der Waals surface area contributed by atoms with Crippen molar-refractivity contribution >= 4 is 22.7 Å². The van der Waals surface area contributed by atoms with E-state index in [0.717, 1.165) is 5.69 Å². The van der Waals surface area contributed by atoms with E-state index >= 15 is 0 Å². The van der Waals surface area contributed by atoms with Gasteiger partial charge in [-0.15, -0.1) is 0 Å². The third-order valence-electron chi connectivity index (χ3n) is 3.55. The van der Waals surface area contributed by atoms with E-state index in [1.807, 2.05) is 30.3 Å². The number of halogens is 1. The summed E-state index contributed by atoms with van der Waals surface area (Å²) in [5, 5.41) is 7.59. The van der Waals surface area contributed by atoms with Gasteiger partial charge in [0.2, 0.25) is 5.95 Å².